The molecule has 0 aliphatic carbocycles. The first kappa shape index (κ1) is 13.7. The number of halogens is 1. The molecule has 1 nitrogen and oxygen atoms in total. The van der Waals surface area contributed by atoms with Crippen molar-refractivity contribution in [1.29, 1.82) is 0 Å². The topological polar surface area (TPSA) is 3.24 Å². The normalized spacial score (nSPS) is 8.93. The summed E-state index contributed by atoms with van der Waals surface area (Å²) in [6.07, 6.45) is 0. The second-order valence-corrected chi connectivity index (χ2v) is 3.34. The van der Waals surface area contributed by atoms with Crippen LogP contribution >= 0.6 is 0 Å². The molecule has 0 aromatic heterocycles. The Morgan fingerprint density at radius 1 is 1.27 bits per heavy atom. The summed E-state index contributed by atoms with van der Waals surface area (Å²) < 4.78 is 12.9. The van der Waals surface area contributed by atoms with Crippen molar-refractivity contribution in [2.24, 2.45) is 0 Å². The number of hydrogen-bond acceptors (Lipinski definition) is 1. The third-order valence-electron chi connectivity index (χ3n) is 1.90. The second-order valence-electron chi connectivity index (χ2n) is 3.34. The number of nitrogens with zero attached hydrogens (tertiary/aromatic N) is 1. The van der Waals surface area contributed by atoms with Crippen molar-refractivity contribution in [3.8, 4) is 0 Å². The molecule has 0 heterocycles. The Bertz CT molecular complexity index is 329. The molecule has 0 bridgehead atoms. The van der Waals surface area contributed by atoms with Gasteiger partial charge in [-0.2, -0.15) is 0 Å². The van der Waals surface area contributed by atoms with E-state index in [1.165, 1.54) is 12.1 Å². The Labute approximate surface area is 92.2 Å². The molecule has 0 aliphatic heterocycles. The molecule has 0 unspecified atom stereocenters. The fourth-order valence-corrected chi connectivity index (χ4v) is 1.24. The van der Waals surface area contributed by atoms with Gasteiger partial charge in [-0.1, -0.05) is 20.4 Å². The fourth-order valence-electron chi connectivity index (χ4n) is 1.24. The van der Waals surface area contributed by atoms with Crippen molar-refractivity contribution in [2.75, 3.05) is 19.0 Å². The summed E-state index contributed by atoms with van der Waals surface area (Å²) in [5, 5.41) is 0. The maximum absolute atomic E-state index is 12.9. The Morgan fingerprint density at radius 2 is 1.80 bits per heavy atom. The average Bonchev–Trinajstić information content (AvgIpc) is 2.20. The number of anilines is 1. The van der Waals surface area contributed by atoms with Gasteiger partial charge in [-0.15, -0.1) is 0 Å². The van der Waals surface area contributed by atoms with E-state index in [0.29, 0.717) is 0 Å². The molecule has 2 heteroatoms. The number of allylic oxidation sites excluding steroid dienone is 1. The fraction of sp³-hybridized carbons (Fsp3) is 0.385. The molecule has 1 rings (SSSR count). The van der Waals surface area contributed by atoms with Gasteiger partial charge in [-0.3, -0.25) is 0 Å². The van der Waals surface area contributed by atoms with Crippen LogP contribution in [0.15, 0.2) is 24.8 Å². The molecule has 84 valence electrons. The number of rotatable bonds is 2. The summed E-state index contributed by atoms with van der Waals surface area (Å²) in [4.78, 5) is 1.88. The van der Waals surface area contributed by atoms with Gasteiger partial charge in [0.15, 0.2) is 0 Å². The highest BCUT2D eigenvalue weighted by molar-refractivity contribution is 5.74. The van der Waals surface area contributed by atoms with E-state index in [1.54, 1.807) is 6.07 Å². The minimum absolute atomic E-state index is 0.214. The highest BCUT2D eigenvalue weighted by Gasteiger charge is 2.05. The van der Waals surface area contributed by atoms with E-state index in [9.17, 15) is 4.39 Å². The standard InChI is InChI=1S/C11H14FN.C2H6/c1-8(2)10-6-5-9(12)7-11(10)13(3)4;1-2/h5-7H,1H2,2-4H3;1-2H3. The van der Waals surface area contributed by atoms with Crippen LogP contribution in [0.2, 0.25) is 0 Å². The van der Waals surface area contributed by atoms with Gasteiger partial charge >= 0.3 is 0 Å². The molecular formula is C13H20FN. The predicted octanol–water partition coefficient (Wildman–Crippen LogP) is 3.95. The zero-order valence-electron chi connectivity index (χ0n) is 10.3. The lowest BCUT2D eigenvalue weighted by molar-refractivity contribution is 0.627. The monoisotopic (exact) mass is 209 g/mol. The van der Waals surface area contributed by atoms with Crippen LogP contribution in [-0.2, 0) is 0 Å². The van der Waals surface area contributed by atoms with Crippen molar-refractivity contribution < 1.29 is 4.39 Å². The van der Waals surface area contributed by atoms with Gasteiger partial charge in [0, 0.05) is 25.3 Å². The molecule has 0 saturated heterocycles. The summed E-state index contributed by atoms with van der Waals surface area (Å²) >= 11 is 0. The second kappa shape index (κ2) is 6.23. The van der Waals surface area contributed by atoms with Crippen LogP contribution in [-0.4, -0.2) is 14.1 Å². The van der Waals surface area contributed by atoms with Crippen LogP contribution in [0.3, 0.4) is 0 Å². The summed E-state index contributed by atoms with van der Waals surface area (Å²) in [5.41, 5.74) is 2.81. The molecule has 1 aromatic carbocycles. The van der Waals surface area contributed by atoms with Crippen molar-refractivity contribution in [1.82, 2.24) is 0 Å². The van der Waals surface area contributed by atoms with E-state index in [0.717, 1.165) is 16.8 Å². The van der Waals surface area contributed by atoms with Crippen molar-refractivity contribution in [3.63, 3.8) is 0 Å². The minimum Gasteiger partial charge on any atom is -0.377 e. The molecule has 0 N–H and O–H groups in total. The van der Waals surface area contributed by atoms with E-state index in [1.807, 2.05) is 39.8 Å². The molecule has 0 spiro atoms. The van der Waals surface area contributed by atoms with Crippen LogP contribution in [0.4, 0.5) is 10.1 Å². The maximum Gasteiger partial charge on any atom is 0.125 e. The van der Waals surface area contributed by atoms with E-state index in [2.05, 4.69) is 6.58 Å². The van der Waals surface area contributed by atoms with Crippen LogP contribution in [0.25, 0.3) is 5.57 Å². The predicted molar refractivity (Wildman–Crippen MR) is 66.8 cm³/mol. The van der Waals surface area contributed by atoms with Gasteiger partial charge in [-0.25, -0.2) is 4.39 Å². The van der Waals surface area contributed by atoms with Crippen LogP contribution in [0, 0.1) is 5.82 Å². The summed E-state index contributed by atoms with van der Waals surface area (Å²) in [6.45, 7) is 9.77. The minimum atomic E-state index is -0.214. The van der Waals surface area contributed by atoms with E-state index in [-0.39, 0.29) is 5.82 Å². The lowest BCUT2D eigenvalue weighted by atomic mass is 10.1. The van der Waals surface area contributed by atoms with Gasteiger partial charge < -0.3 is 4.90 Å². The first-order valence-electron chi connectivity index (χ1n) is 5.15. The lowest BCUT2D eigenvalue weighted by Gasteiger charge is -2.17. The largest absolute Gasteiger partial charge is 0.377 e. The SMILES string of the molecule is C=C(C)c1ccc(F)cc1N(C)C.CC. The Morgan fingerprint density at radius 3 is 2.20 bits per heavy atom. The number of benzene rings is 1. The lowest BCUT2D eigenvalue weighted by Crippen LogP contribution is -2.11. The summed E-state index contributed by atoms with van der Waals surface area (Å²) in [5.74, 6) is -0.214. The molecular weight excluding hydrogens is 189 g/mol. The van der Waals surface area contributed by atoms with Crippen LogP contribution in [0.5, 0.6) is 0 Å². The highest BCUT2D eigenvalue weighted by atomic mass is 19.1. The third-order valence-corrected chi connectivity index (χ3v) is 1.90. The third kappa shape index (κ3) is 3.74. The summed E-state index contributed by atoms with van der Waals surface area (Å²) in [6, 6.07) is 4.73. The smallest absolute Gasteiger partial charge is 0.125 e. The molecule has 0 fully saturated rings. The van der Waals surface area contributed by atoms with E-state index >= 15 is 0 Å². The van der Waals surface area contributed by atoms with Gasteiger partial charge in [-0.05, 0) is 30.7 Å². The van der Waals surface area contributed by atoms with Gasteiger partial charge in [0.1, 0.15) is 5.82 Å². The van der Waals surface area contributed by atoms with E-state index in [4.69, 9.17) is 0 Å². The van der Waals surface area contributed by atoms with E-state index < -0.39 is 0 Å². The Balaban J connectivity index is 0.000000921. The Hall–Kier alpha value is -1.31. The molecule has 0 atom stereocenters. The van der Waals surface area contributed by atoms with Gasteiger partial charge in [0.2, 0.25) is 0 Å². The molecule has 0 radical (unpaired) electrons. The van der Waals surface area contributed by atoms with Crippen molar-refractivity contribution in [3.05, 3.63) is 36.2 Å². The molecule has 15 heavy (non-hydrogen) atoms. The molecule has 1 aromatic rings. The molecule has 0 saturated carbocycles. The first-order chi connectivity index (χ1) is 7.02. The highest BCUT2D eigenvalue weighted by Crippen LogP contribution is 2.25. The average molecular weight is 209 g/mol. The number of hydrogen-bond donors (Lipinski definition) is 0. The zero-order chi connectivity index (χ0) is 12.0. The van der Waals surface area contributed by atoms with Crippen LogP contribution < -0.4 is 4.90 Å². The first-order valence-corrected chi connectivity index (χ1v) is 5.15. The molecule has 0 amide bonds. The summed E-state index contributed by atoms with van der Waals surface area (Å²) in [7, 11) is 3.78. The van der Waals surface area contributed by atoms with Crippen molar-refractivity contribution >= 4 is 11.3 Å². The zero-order valence-corrected chi connectivity index (χ0v) is 10.3. The van der Waals surface area contributed by atoms with Crippen molar-refractivity contribution in [2.45, 2.75) is 20.8 Å². The van der Waals surface area contributed by atoms with Crippen LogP contribution in [0.1, 0.15) is 26.3 Å². The quantitative estimate of drug-likeness (QED) is 0.712. The Kier molecular flexibility index (Phi) is 5.68. The maximum atomic E-state index is 12.9. The van der Waals surface area contributed by atoms with Gasteiger partial charge in [0.25, 0.3) is 0 Å². The molecule has 0 aliphatic rings. The van der Waals surface area contributed by atoms with Gasteiger partial charge in [0.05, 0.1) is 0 Å².